The number of carbonyl (C=O) groups excluding carboxylic acids is 1. The van der Waals surface area contributed by atoms with Gasteiger partial charge in [0.25, 0.3) is 5.91 Å². The highest BCUT2D eigenvalue weighted by Gasteiger charge is 2.11. The van der Waals surface area contributed by atoms with Crippen LogP contribution < -0.4 is 10.0 Å². The number of aromatic nitrogens is 2. The third kappa shape index (κ3) is 5.90. The molecule has 25 heavy (non-hydrogen) atoms. The van der Waals surface area contributed by atoms with Crippen molar-refractivity contribution in [3.8, 4) is 0 Å². The van der Waals surface area contributed by atoms with Crippen LogP contribution in [-0.2, 0) is 16.6 Å². The van der Waals surface area contributed by atoms with Crippen LogP contribution in [0.15, 0.2) is 30.3 Å². The van der Waals surface area contributed by atoms with Gasteiger partial charge in [-0.05, 0) is 50.1 Å². The molecule has 1 atom stereocenters. The monoisotopic (exact) mass is 364 g/mol. The lowest BCUT2D eigenvalue weighted by Crippen LogP contribution is -2.30. The molecule has 0 aliphatic carbocycles. The van der Waals surface area contributed by atoms with E-state index in [0.717, 1.165) is 24.2 Å². The summed E-state index contributed by atoms with van der Waals surface area (Å²) in [7, 11) is -3.32. The Morgan fingerprint density at radius 1 is 1.24 bits per heavy atom. The Labute approximate surface area is 148 Å². The number of anilines is 1. The number of benzene rings is 1. The SMILES string of the molecule is Cc1cc(C)n(C[C@H](C)CNC(=O)c2ccc(NS(C)(=O)=O)cc2)n1. The second kappa shape index (κ2) is 7.69. The zero-order valence-corrected chi connectivity index (χ0v) is 15.7. The first-order chi connectivity index (χ1) is 11.6. The van der Waals surface area contributed by atoms with Crippen molar-refractivity contribution in [3.05, 3.63) is 47.3 Å². The van der Waals surface area contributed by atoms with Gasteiger partial charge in [-0.1, -0.05) is 6.92 Å². The first kappa shape index (κ1) is 19.0. The second-order valence-corrected chi connectivity index (χ2v) is 8.12. The minimum absolute atomic E-state index is 0.189. The van der Waals surface area contributed by atoms with Gasteiger partial charge in [-0.2, -0.15) is 5.10 Å². The fourth-order valence-corrected chi connectivity index (χ4v) is 3.06. The van der Waals surface area contributed by atoms with Crippen molar-refractivity contribution in [2.75, 3.05) is 17.5 Å². The minimum atomic E-state index is -3.32. The Kier molecular flexibility index (Phi) is 5.84. The Balaban J connectivity index is 1.88. The molecule has 2 aromatic rings. The van der Waals surface area contributed by atoms with Crippen LogP contribution in [0, 0.1) is 19.8 Å². The number of hydrogen-bond donors (Lipinski definition) is 2. The predicted molar refractivity (Wildman–Crippen MR) is 98.1 cm³/mol. The van der Waals surface area contributed by atoms with Gasteiger partial charge < -0.3 is 5.32 Å². The third-order valence-corrected chi connectivity index (χ3v) is 4.26. The molecule has 0 bridgehead atoms. The van der Waals surface area contributed by atoms with Gasteiger partial charge in [-0.15, -0.1) is 0 Å². The number of carbonyl (C=O) groups is 1. The van der Waals surface area contributed by atoms with E-state index in [1.165, 1.54) is 0 Å². The molecule has 1 amide bonds. The van der Waals surface area contributed by atoms with Crippen LogP contribution in [-0.4, -0.2) is 36.9 Å². The van der Waals surface area contributed by atoms with Crippen LogP contribution in [0.2, 0.25) is 0 Å². The van der Waals surface area contributed by atoms with Gasteiger partial charge in [0.1, 0.15) is 0 Å². The standard InChI is InChI=1S/C17H24N4O3S/c1-12(11-21-14(3)9-13(2)19-21)10-18-17(22)15-5-7-16(8-6-15)20-25(4,23)24/h5-9,12,20H,10-11H2,1-4H3,(H,18,22)/t12-/m1/s1. The van der Waals surface area contributed by atoms with Gasteiger partial charge in [0.05, 0.1) is 11.9 Å². The lowest BCUT2D eigenvalue weighted by atomic mass is 10.1. The van der Waals surface area contributed by atoms with E-state index in [4.69, 9.17) is 0 Å². The first-order valence-corrected chi connectivity index (χ1v) is 9.90. The molecule has 0 saturated heterocycles. The molecular weight excluding hydrogens is 340 g/mol. The highest BCUT2D eigenvalue weighted by molar-refractivity contribution is 7.92. The van der Waals surface area contributed by atoms with Gasteiger partial charge in [0.2, 0.25) is 10.0 Å². The lowest BCUT2D eigenvalue weighted by molar-refractivity contribution is 0.0946. The Morgan fingerprint density at radius 3 is 2.40 bits per heavy atom. The number of sulfonamides is 1. The van der Waals surface area contributed by atoms with E-state index in [-0.39, 0.29) is 11.8 Å². The summed E-state index contributed by atoms with van der Waals surface area (Å²) in [6, 6.07) is 8.34. The van der Waals surface area contributed by atoms with Gasteiger partial charge >= 0.3 is 0 Å². The Hall–Kier alpha value is -2.35. The van der Waals surface area contributed by atoms with Gasteiger partial charge in [0, 0.05) is 30.0 Å². The predicted octanol–water partition coefficient (Wildman–Crippen LogP) is 1.94. The molecule has 0 radical (unpaired) electrons. The third-order valence-electron chi connectivity index (χ3n) is 3.65. The molecule has 0 saturated carbocycles. The molecular formula is C17H24N4O3S. The lowest BCUT2D eigenvalue weighted by Gasteiger charge is -2.14. The van der Waals surface area contributed by atoms with E-state index in [1.807, 2.05) is 24.6 Å². The number of hydrogen-bond acceptors (Lipinski definition) is 4. The maximum absolute atomic E-state index is 12.2. The van der Waals surface area contributed by atoms with Gasteiger partial charge in [0.15, 0.2) is 0 Å². The van der Waals surface area contributed by atoms with Crippen LogP contribution in [0.1, 0.15) is 28.7 Å². The van der Waals surface area contributed by atoms with E-state index in [1.54, 1.807) is 24.3 Å². The molecule has 0 aliphatic rings. The second-order valence-electron chi connectivity index (χ2n) is 6.38. The zero-order valence-electron chi connectivity index (χ0n) is 14.9. The summed E-state index contributed by atoms with van der Waals surface area (Å²) in [5, 5.41) is 7.32. The highest BCUT2D eigenvalue weighted by atomic mass is 32.2. The smallest absolute Gasteiger partial charge is 0.251 e. The van der Waals surface area contributed by atoms with Crippen molar-refractivity contribution >= 4 is 21.6 Å². The maximum Gasteiger partial charge on any atom is 0.251 e. The molecule has 0 unspecified atom stereocenters. The molecule has 2 N–H and O–H groups in total. The molecule has 2 rings (SSSR count). The van der Waals surface area contributed by atoms with Crippen molar-refractivity contribution in [2.24, 2.45) is 5.92 Å². The van der Waals surface area contributed by atoms with Crippen LogP contribution >= 0.6 is 0 Å². The zero-order chi connectivity index (χ0) is 18.6. The van der Waals surface area contributed by atoms with E-state index in [0.29, 0.717) is 17.8 Å². The Morgan fingerprint density at radius 2 is 1.88 bits per heavy atom. The summed E-state index contributed by atoms with van der Waals surface area (Å²) >= 11 is 0. The van der Waals surface area contributed by atoms with Crippen molar-refractivity contribution in [1.82, 2.24) is 15.1 Å². The summed E-state index contributed by atoms with van der Waals surface area (Å²) in [5.74, 6) is 0.0410. The normalized spacial score (nSPS) is 12.6. The molecule has 0 spiro atoms. The quantitative estimate of drug-likeness (QED) is 0.785. The maximum atomic E-state index is 12.2. The van der Waals surface area contributed by atoms with Gasteiger partial charge in [-0.3, -0.25) is 14.2 Å². The first-order valence-electron chi connectivity index (χ1n) is 8.01. The molecule has 1 aromatic carbocycles. The molecule has 0 aliphatic heterocycles. The molecule has 7 nitrogen and oxygen atoms in total. The summed E-state index contributed by atoms with van der Waals surface area (Å²) in [4.78, 5) is 12.2. The largest absolute Gasteiger partial charge is 0.352 e. The number of aryl methyl sites for hydroxylation is 2. The number of rotatable bonds is 7. The summed E-state index contributed by atoms with van der Waals surface area (Å²) in [5.41, 5.74) is 3.00. The number of nitrogens with one attached hydrogen (secondary N) is 2. The number of nitrogens with zero attached hydrogens (tertiary/aromatic N) is 2. The van der Waals surface area contributed by atoms with E-state index < -0.39 is 10.0 Å². The summed E-state index contributed by atoms with van der Waals surface area (Å²) in [6.07, 6.45) is 1.08. The van der Waals surface area contributed by atoms with Crippen molar-refractivity contribution in [3.63, 3.8) is 0 Å². The Bertz CT molecular complexity index is 841. The van der Waals surface area contributed by atoms with Crippen LogP contribution in [0.5, 0.6) is 0 Å². The fraction of sp³-hybridized carbons (Fsp3) is 0.412. The van der Waals surface area contributed by atoms with Gasteiger partial charge in [-0.25, -0.2) is 8.42 Å². The van der Waals surface area contributed by atoms with Crippen molar-refractivity contribution < 1.29 is 13.2 Å². The van der Waals surface area contributed by atoms with Crippen LogP contribution in [0.25, 0.3) is 0 Å². The van der Waals surface area contributed by atoms with E-state index in [2.05, 4.69) is 22.1 Å². The average molecular weight is 364 g/mol. The molecule has 1 heterocycles. The molecule has 8 heteroatoms. The van der Waals surface area contributed by atoms with Crippen LogP contribution in [0.3, 0.4) is 0 Å². The average Bonchev–Trinajstić information content (AvgIpc) is 2.81. The summed E-state index contributed by atoms with van der Waals surface area (Å²) in [6.45, 7) is 7.28. The molecule has 136 valence electrons. The fourth-order valence-electron chi connectivity index (χ4n) is 2.49. The summed E-state index contributed by atoms with van der Waals surface area (Å²) < 4.78 is 26.7. The van der Waals surface area contributed by atoms with Crippen molar-refractivity contribution in [1.29, 1.82) is 0 Å². The molecule has 1 aromatic heterocycles. The van der Waals surface area contributed by atoms with Crippen molar-refractivity contribution in [2.45, 2.75) is 27.3 Å². The topological polar surface area (TPSA) is 93.1 Å². The van der Waals surface area contributed by atoms with E-state index in [9.17, 15) is 13.2 Å². The molecule has 0 fully saturated rings. The van der Waals surface area contributed by atoms with E-state index >= 15 is 0 Å². The minimum Gasteiger partial charge on any atom is -0.352 e. The number of amides is 1. The van der Waals surface area contributed by atoms with Crippen LogP contribution in [0.4, 0.5) is 5.69 Å². The highest BCUT2D eigenvalue weighted by Crippen LogP contribution is 2.11.